The van der Waals surface area contributed by atoms with Crippen LogP contribution >= 0.6 is 7.82 Å². The second kappa shape index (κ2) is 15.7. The summed E-state index contributed by atoms with van der Waals surface area (Å²) in [6.45, 7) is 4.04. The number of benzene rings is 3. The Bertz CT molecular complexity index is 1530. The average molecular weight is 623 g/mol. The first-order valence-electron chi connectivity index (χ1n) is 13.7. The molecule has 3 amide bonds. The third-order valence-electron chi connectivity index (χ3n) is 6.43. The lowest BCUT2D eigenvalue weighted by molar-refractivity contribution is -0.130. The summed E-state index contributed by atoms with van der Waals surface area (Å²) in [5.74, 6) is -0.953. The highest BCUT2D eigenvalue weighted by Crippen LogP contribution is 2.37. The average Bonchev–Trinajstić information content (AvgIpc) is 2.99. The number of phosphoric ester groups is 1. The van der Waals surface area contributed by atoms with Gasteiger partial charge in [0.25, 0.3) is 5.91 Å². The van der Waals surface area contributed by atoms with Crippen molar-refractivity contribution in [2.75, 3.05) is 7.11 Å². The quantitative estimate of drug-likeness (QED) is 0.168. The Morgan fingerprint density at radius 3 is 2.16 bits per heavy atom. The van der Waals surface area contributed by atoms with E-state index < -0.39 is 37.6 Å². The van der Waals surface area contributed by atoms with Crippen LogP contribution in [0.15, 0.2) is 72.8 Å². The molecule has 0 heterocycles. The van der Waals surface area contributed by atoms with Gasteiger partial charge in [0, 0.05) is 18.5 Å². The second-order valence-electron chi connectivity index (χ2n) is 10.4. The van der Waals surface area contributed by atoms with Gasteiger partial charge in [-0.15, -0.1) is 0 Å². The van der Waals surface area contributed by atoms with Crippen LogP contribution in [0.5, 0.6) is 11.5 Å². The van der Waals surface area contributed by atoms with Gasteiger partial charge >= 0.3 is 7.82 Å². The molecular weight excluding hydrogens is 587 g/mol. The van der Waals surface area contributed by atoms with E-state index in [0.29, 0.717) is 23.3 Å². The van der Waals surface area contributed by atoms with E-state index in [9.17, 15) is 18.9 Å². The largest absolute Gasteiger partial charge is 0.524 e. The summed E-state index contributed by atoms with van der Waals surface area (Å²) in [5.41, 5.74) is 1.95. The van der Waals surface area contributed by atoms with Crippen molar-refractivity contribution in [3.05, 3.63) is 95.1 Å². The fourth-order valence-corrected chi connectivity index (χ4v) is 4.67. The highest BCUT2D eigenvalue weighted by atomic mass is 31.2. The van der Waals surface area contributed by atoms with Crippen LogP contribution in [0.4, 0.5) is 0 Å². The number of phosphoric acid groups is 1. The zero-order valence-electron chi connectivity index (χ0n) is 24.5. The number of carbonyl (C=O) groups is 3. The number of amides is 3. The molecule has 0 fully saturated rings. The van der Waals surface area contributed by atoms with Crippen molar-refractivity contribution in [3.8, 4) is 17.6 Å². The van der Waals surface area contributed by atoms with Crippen LogP contribution < -0.4 is 25.2 Å². The first kappa shape index (κ1) is 33.8. The number of nitrogens with one attached hydrogen (secondary N) is 3. The zero-order chi connectivity index (χ0) is 32.3. The van der Waals surface area contributed by atoms with Gasteiger partial charge in [0.05, 0.1) is 18.7 Å². The molecule has 44 heavy (non-hydrogen) atoms. The van der Waals surface area contributed by atoms with Crippen LogP contribution in [0.1, 0.15) is 47.3 Å². The summed E-state index contributed by atoms with van der Waals surface area (Å²) in [6, 6.07) is 18.7. The normalized spacial score (nSPS) is 12.4. The Morgan fingerprint density at radius 1 is 0.886 bits per heavy atom. The highest BCUT2D eigenvalue weighted by molar-refractivity contribution is 7.46. The van der Waals surface area contributed by atoms with Crippen molar-refractivity contribution in [3.63, 3.8) is 0 Å². The van der Waals surface area contributed by atoms with E-state index >= 15 is 0 Å². The van der Waals surface area contributed by atoms with Gasteiger partial charge in [0.2, 0.25) is 11.8 Å². The summed E-state index contributed by atoms with van der Waals surface area (Å²) in [6.07, 6.45) is 0.324. The number of hydrogen-bond donors (Lipinski definition) is 5. The van der Waals surface area contributed by atoms with Crippen LogP contribution in [-0.2, 0) is 27.1 Å². The maximum absolute atomic E-state index is 13.6. The maximum Gasteiger partial charge on any atom is 0.524 e. The van der Waals surface area contributed by atoms with Gasteiger partial charge < -0.3 is 25.2 Å². The van der Waals surface area contributed by atoms with E-state index in [-0.39, 0.29) is 30.2 Å². The van der Waals surface area contributed by atoms with Crippen molar-refractivity contribution >= 4 is 25.5 Å². The van der Waals surface area contributed by atoms with Gasteiger partial charge in [-0.05, 0) is 72.0 Å². The molecule has 0 aromatic heterocycles. The van der Waals surface area contributed by atoms with E-state index in [4.69, 9.17) is 19.8 Å². The Morgan fingerprint density at radius 2 is 1.57 bits per heavy atom. The van der Waals surface area contributed by atoms with Crippen molar-refractivity contribution in [2.45, 2.75) is 45.3 Å². The molecule has 5 N–H and O–H groups in total. The van der Waals surface area contributed by atoms with Gasteiger partial charge in [-0.2, -0.15) is 5.26 Å². The summed E-state index contributed by atoms with van der Waals surface area (Å²) < 4.78 is 21.0. The van der Waals surface area contributed by atoms with E-state index in [0.717, 1.165) is 5.56 Å². The molecule has 3 aromatic rings. The predicted octanol–water partition coefficient (Wildman–Crippen LogP) is 3.23. The molecule has 0 saturated carbocycles. The maximum atomic E-state index is 13.6. The van der Waals surface area contributed by atoms with E-state index in [1.807, 2.05) is 26.0 Å². The lowest BCUT2D eigenvalue weighted by atomic mass is 10.0. The molecule has 2 unspecified atom stereocenters. The smallest absolute Gasteiger partial charge is 0.497 e. The SMILES string of the molecule is COc1cccc(CNC(=O)C(CC(C)C)NC(=O)C(Cc2ccc(OP(=O)(O)O)cc2)NC(=O)c2ccc(C#N)cc2)c1. The summed E-state index contributed by atoms with van der Waals surface area (Å²) in [4.78, 5) is 58.1. The van der Waals surface area contributed by atoms with Gasteiger partial charge in [0.1, 0.15) is 23.6 Å². The van der Waals surface area contributed by atoms with Gasteiger partial charge in [-0.1, -0.05) is 38.1 Å². The molecule has 3 aromatic carbocycles. The second-order valence-corrected chi connectivity index (χ2v) is 11.6. The van der Waals surface area contributed by atoms with Crippen molar-refractivity contribution in [1.82, 2.24) is 16.0 Å². The van der Waals surface area contributed by atoms with Crippen molar-refractivity contribution in [2.24, 2.45) is 5.92 Å². The van der Waals surface area contributed by atoms with Crippen LogP contribution in [0.25, 0.3) is 0 Å². The first-order valence-corrected chi connectivity index (χ1v) is 15.3. The van der Waals surface area contributed by atoms with Crippen molar-refractivity contribution < 1.29 is 38.0 Å². The minimum absolute atomic E-state index is 0.0100. The lowest BCUT2D eigenvalue weighted by Gasteiger charge is -2.24. The predicted molar refractivity (Wildman–Crippen MR) is 161 cm³/mol. The molecule has 2 atom stereocenters. The fraction of sp³-hybridized carbons (Fsp3) is 0.290. The molecule has 232 valence electrons. The molecule has 13 heteroatoms. The van der Waals surface area contributed by atoms with Crippen LogP contribution in [0, 0.1) is 17.2 Å². The van der Waals surface area contributed by atoms with Crippen LogP contribution in [0.3, 0.4) is 0 Å². The monoisotopic (exact) mass is 622 g/mol. The molecule has 3 rings (SSSR count). The Labute approximate surface area is 255 Å². The third kappa shape index (κ3) is 10.9. The molecule has 0 aliphatic heterocycles. The zero-order valence-corrected chi connectivity index (χ0v) is 25.4. The summed E-state index contributed by atoms with van der Waals surface area (Å²) in [7, 11) is -3.21. The topological polar surface area (TPSA) is 187 Å². The number of nitrogens with zero attached hydrogens (tertiary/aromatic N) is 1. The number of ether oxygens (including phenoxy) is 1. The Kier molecular flexibility index (Phi) is 12.1. The molecule has 0 spiro atoms. The molecule has 0 bridgehead atoms. The minimum atomic E-state index is -4.76. The van der Waals surface area contributed by atoms with Gasteiger partial charge in [0.15, 0.2) is 0 Å². The Balaban J connectivity index is 1.80. The molecule has 0 saturated heterocycles. The number of rotatable bonds is 14. The van der Waals surface area contributed by atoms with Crippen LogP contribution in [-0.4, -0.2) is 46.7 Å². The van der Waals surface area contributed by atoms with E-state index in [1.165, 1.54) is 48.5 Å². The van der Waals surface area contributed by atoms with Crippen molar-refractivity contribution in [1.29, 1.82) is 5.26 Å². The van der Waals surface area contributed by atoms with Gasteiger partial charge in [-0.25, -0.2) is 4.57 Å². The highest BCUT2D eigenvalue weighted by Gasteiger charge is 2.28. The summed E-state index contributed by atoms with van der Waals surface area (Å²) in [5, 5.41) is 17.4. The van der Waals surface area contributed by atoms with E-state index in [1.54, 1.807) is 25.3 Å². The number of hydrogen-bond acceptors (Lipinski definition) is 7. The fourth-order valence-electron chi connectivity index (χ4n) is 4.28. The molecule has 0 aliphatic carbocycles. The molecule has 0 aliphatic rings. The first-order chi connectivity index (χ1) is 20.9. The lowest BCUT2D eigenvalue weighted by Crippen LogP contribution is -2.54. The number of nitriles is 1. The van der Waals surface area contributed by atoms with Gasteiger partial charge in [-0.3, -0.25) is 24.2 Å². The van der Waals surface area contributed by atoms with E-state index in [2.05, 4.69) is 20.5 Å². The third-order valence-corrected chi connectivity index (χ3v) is 6.88. The summed E-state index contributed by atoms with van der Waals surface area (Å²) >= 11 is 0. The molecular formula is C31H35N4O8P. The van der Waals surface area contributed by atoms with Crippen LogP contribution in [0.2, 0.25) is 0 Å². The molecule has 12 nitrogen and oxygen atoms in total. The number of methoxy groups -OCH3 is 1. The Hall–Kier alpha value is -4.69. The number of carbonyl (C=O) groups excluding carboxylic acids is 3. The minimum Gasteiger partial charge on any atom is -0.497 e. The standard InChI is InChI=1S/C31H35N4O8P/c1-20(2)15-27(30(37)33-19-23-5-4-6-26(16-23)42-3)35-31(38)28(34-29(36)24-11-7-22(18-32)8-12-24)17-21-9-13-25(14-10-21)43-44(39,40)41/h4-14,16,20,27-28H,15,17,19H2,1-3H3,(H,33,37)(H,34,36)(H,35,38)(H2,39,40,41). The molecule has 0 radical (unpaired) electrons.